The minimum absolute atomic E-state index is 0.253. The Morgan fingerprint density at radius 3 is 1.59 bits per heavy atom. The average molecular weight is 308 g/mol. The summed E-state index contributed by atoms with van der Waals surface area (Å²) in [5.41, 5.74) is 2.96. The van der Waals surface area contributed by atoms with E-state index >= 15 is 0 Å². The lowest BCUT2D eigenvalue weighted by atomic mass is 10.1. The molecule has 22 heavy (non-hydrogen) atoms. The molecule has 0 atom stereocenters. The molecule has 0 unspecified atom stereocenters. The Balaban J connectivity index is 1.69. The summed E-state index contributed by atoms with van der Waals surface area (Å²) in [5.74, 6) is 0. The molecule has 1 heteroatoms. The first kappa shape index (κ1) is 16.8. The first-order valence-electron chi connectivity index (χ1n) is 8.41. The first-order chi connectivity index (χ1) is 10.9. The Hall–Kier alpha value is -1.60. The third kappa shape index (κ3) is 6.44. The van der Waals surface area contributed by atoms with Gasteiger partial charge in [0, 0.05) is 0 Å². The highest BCUT2D eigenvalue weighted by atomic mass is 28.3. The Morgan fingerprint density at radius 1 is 0.727 bits per heavy atom. The zero-order valence-corrected chi connectivity index (χ0v) is 14.5. The molecule has 0 saturated heterocycles. The van der Waals surface area contributed by atoms with Gasteiger partial charge in [-0.3, -0.25) is 0 Å². The molecule has 2 aromatic carbocycles. The van der Waals surface area contributed by atoms with Crippen molar-refractivity contribution in [2.75, 3.05) is 0 Å². The van der Waals surface area contributed by atoms with Gasteiger partial charge in [-0.25, -0.2) is 0 Å². The lowest BCUT2D eigenvalue weighted by Gasteiger charge is -2.13. The standard InChI is InChI=1S/C21H27Si/c1-2-17-22(18-9-15-20-11-5-3-6-12-20)19-10-16-21-13-7-4-8-14-21/h2-8,11-14H,1,9-10,15-19H2. The van der Waals surface area contributed by atoms with Crippen LogP contribution in [0.15, 0.2) is 73.3 Å². The normalized spacial score (nSPS) is 10.8. The summed E-state index contributed by atoms with van der Waals surface area (Å²) in [7, 11) is -0.253. The highest BCUT2D eigenvalue weighted by molar-refractivity contribution is 6.59. The van der Waals surface area contributed by atoms with Gasteiger partial charge in [0.25, 0.3) is 0 Å². The van der Waals surface area contributed by atoms with Crippen LogP contribution in [0.25, 0.3) is 0 Å². The van der Waals surface area contributed by atoms with E-state index in [2.05, 4.69) is 73.3 Å². The second-order valence-corrected chi connectivity index (χ2v) is 8.83. The van der Waals surface area contributed by atoms with Crippen molar-refractivity contribution in [1.29, 1.82) is 0 Å². The maximum absolute atomic E-state index is 3.96. The fourth-order valence-corrected chi connectivity index (χ4v) is 5.33. The third-order valence-corrected chi connectivity index (χ3v) is 7.10. The molecule has 0 aliphatic carbocycles. The molecule has 0 saturated carbocycles. The Bertz CT molecular complexity index is 473. The van der Waals surface area contributed by atoms with Crippen LogP contribution in [-0.4, -0.2) is 8.80 Å². The van der Waals surface area contributed by atoms with Crippen LogP contribution in [0.5, 0.6) is 0 Å². The molecule has 2 aromatic rings. The molecule has 0 spiro atoms. The smallest absolute Gasteiger partial charge is 0.0519 e. The summed E-state index contributed by atoms with van der Waals surface area (Å²) in [6.45, 7) is 3.96. The van der Waals surface area contributed by atoms with Crippen molar-refractivity contribution >= 4 is 8.80 Å². The quantitative estimate of drug-likeness (QED) is 0.377. The minimum Gasteiger partial charge on any atom is -0.103 e. The number of aryl methyl sites for hydroxylation is 2. The molecule has 0 nitrogen and oxygen atoms in total. The maximum Gasteiger partial charge on any atom is 0.0519 e. The van der Waals surface area contributed by atoms with E-state index in [-0.39, 0.29) is 8.80 Å². The topological polar surface area (TPSA) is 0 Å². The van der Waals surface area contributed by atoms with Gasteiger partial charge in [0.15, 0.2) is 0 Å². The van der Waals surface area contributed by atoms with E-state index < -0.39 is 0 Å². The van der Waals surface area contributed by atoms with Crippen molar-refractivity contribution in [3.8, 4) is 0 Å². The summed E-state index contributed by atoms with van der Waals surface area (Å²) in [4.78, 5) is 0. The van der Waals surface area contributed by atoms with Gasteiger partial charge in [-0.05, 0) is 30.0 Å². The van der Waals surface area contributed by atoms with Gasteiger partial charge in [-0.15, -0.1) is 6.58 Å². The van der Waals surface area contributed by atoms with Gasteiger partial charge < -0.3 is 0 Å². The Labute approximate surface area is 137 Å². The van der Waals surface area contributed by atoms with Gasteiger partial charge in [-0.1, -0.05) is 91.7 Å². The van der Waals surface area contributed by atoms with Crippen molar-refractivity contribution in [1.82, 2.24) is 0 Å². The molecule has 0 aromatic heterocycles. The van der Waals surface area contributed by atoms with Gasteiger partial charge >= 0.3 is 0 Å². The van der Waals surface area contributed by atoms with Crippen LogP contribution in [0, 0.1) is 0 Å². The van der Waals surface area contributed by atoms with Crippen molar-refractivity contribution in [3.63, 3.8) is 0 Å². The molecule has 0 heterocycles. The monoisotopic (exact) mass is 307 g/mol. The molecule has 0 aliphatic rings. The van der Waals surface area contributed by atoms with Gasteiger partial charge in [0.2, 0.25) is 0 Å². The Kier molecular flexibility index (Phi) is 7.75. The van der Waals surface area contributed by atoms with Crippen LogP contribution >= 0.6 is 0 Å². The van der Waals surface area contributed by atoms with Crippen molar-refractivity contribution < 1.29 is 0 Å². The molecule has 0 amide bonds. The van der Waals surface area contributed by atoms with E-state index in [0.29, 0.717) is 0 Å². The lowest BCUT2D eigenvalue weighted by molar-refractivity contribution is 0.870. The van der Waals surface area contributed by atoms with E-state index in [1.54, 1.807) is 0 Å². The van der Waals surface area contributed by atoms with Gasteiger partial charge in [0.1, 0.15) is 0 Å². The van der Waals surface area contributed by atoms with E-state index in [1.165, 1.54) is 54.9 Å². The highest BCUT2D eigenvalue weighted by Crippen LogP contribution is 2.16. The minimum atomic E-state index is -0.253. The molecule has 115 valence electrons. The summed E-state index contributed by atoms with van der Waals surface area (Å²) < 4.78 is 0. The average Bonchev–Trinajstić information content (AvgIpc) is 2.57. The summed E-state index contributed by atoms with van der Waals surface area (Å²) in [6.07, 6.45) is 7.25. The van der Waals surface area contributed by atoms with E-state index in [4.69, 9.17) is 0 Å². The summed E-state index contributed by atoms with van der Waals surface area (Å²) in [6, 6.07) is 25.8. The largest absolute Gasteiger partial charge is 0.103 e. The predicted octanol–water partition coefficient (Wildman–Crippen LogP) is 5.93. The second-order valence-electron chi connectivity index (χ2n) is 5.92. The second kappa shape index (κ2) is 10.2. The number of hydrogen-bond donors (Lipinski definition) is 0. The van der Waals surface area contributed by atoms with Crippen LogP contribution in [0.2, 0.25) is 18.1 Å². The summed E-state index contributed by atoms with van der Waals surface area (Å²) >= 11 is 0. The van der Waals surface area contributed by atoms with E-state index in [1.807, 2.05) is 0 Å². The van der Waals surface area contributed by atoms with Gasteiger partial charge in [0.05, 0.1) is 8.80 Å². The first-order valence-corrected chi connectivity index (χ1v) is 10.5. The number of hydrogen-bond acceptors (Lipinski definition) is 0. The highest BCUT2D eigenvalue weighted by Gasteiger charge is 2.09. The Morgan fingerprint density at radius 2 is 1.18 bits per heavy atom. The van der Waals surface area contributed by atoms with Crippen molar-refractivity contribution in [3.05, 3.63) is 84.4 Å². The van der Waals surface area contributed by atoms with Crippen LogP contribution in [0.4, 0.5) is 0 Å². The number of allylic oxidation sites excluding steroid dienone is 1. The molecule has 1 radical (unpaired) electrons. The molecule has 0 N–H and O–H groups in total. The third-order valence-electron chi connectivity index (χ3n) is 4.11. The van der Waals surface area contributed by atoms with Crippen LogP contribution in [0.3, 0.4) is 0 Å². The maximum atomic E-state index is 3.96. The zero-order valence-electron chi connectivity index (χ0n) is 13.5. The molecule has 0 bridgehead atoms. The molecule has 0 aliphatic heterocycles. The van der Waals surface area contributed by atoms with Crippen LogP contribution in [-0.2, 0) is 12.8 Å². The van der Waals surface area contributed by atoms with Crippen LogP contribution in [0.1, 0.15) is 24.0 Å². The summed E-state index contributed by atoms with van der Waals surface area (Å²) in [5, 5.41) is 0. The lowest BCUT2D eigenvalue weighted by Crippen LogP contribution is -2.11. The SMILES string of the molecule is C=CC[Si](CCCc1ccccc1)CCCc1ccccc1. The molecular weight excluding hydrogens is 280 g/mol. The predicted molar refractivity (Wildman–Crippen MR) is 99.9 cm³/mol. The van der Waals surface area contributed by atoms with Crippen LogP contribution < -0.4 is 0 Å². The fourth-order valence-electron chi connectivity index (χ4n) is 2.91. The molecule has 2 rings (SSSR count). The number of benzene rings is 2. The van der Waals surface area contributed by atoms with Crippen molar-refractivity contribution in [2.45, 2.75) is 43.8 Å². The molecular formula is C21H27Si. The molecule has 0 fully saturated rings. The fraction of sp³-hybridized carbons (Fsp3) is 0.333. The van der Waals surface area contributed by atoms with Gasteiger partial charge in [-0.2, -0.15) is 0 Å². The number of rotatable bonds is 10. The van der Waals surface area contributed by atoms with Crippen molar-refractivity contribution in [2.24, 2.45) is 0 Å². The zero-order chi connectivity index (χ0) is 15.5. The van der Waals surface area contributed by atoms with E-state index in [9.17, 15) is 0 Å². The van der Waals surface area contributed by atoms with E-state index in [0.717, 1.165) is 0 Å².